The van der Waals surface area contributed by atoms with E-state index >= 15 is 0 Å². The molecule has 0 aliphatic carbocycles. The first-order chi connectivity index (χ1) is 10.7. The number of para-hydroxylation sites is 1. The molecule has 0 saturated carbocycles. The Balaban J connectivity index is 1.61. The molecule has 0 radical (unpaired) electrons. The van der Waals surface area contributed by atoms with Gasteiger partial charge < -0.3 is 0 Å². The summed E-state index contributed by atoms with van der Waals surface area (Å²) in [4.78, 5) is 15.3. The number of nitrogens with one attached hydrogen (secondary N) is 1. The Morgan fingerprint density at radius 3 is 2.91 bits per heavy atom. The molecule has 0 fully saturated rings. The van der Waals surface area contributed by atoms with Gasteiger partial charge in [-0.25, -0.2) is 4.79 Å². The molecule has 22 heavy (non-hydrogen) atoms. The van der Waals surface area contributed by atoms with Gasteiger partial charge >= 0.3 is 6.03 Å². The van der Waals surface area contributed by atoms with Crippen LogP contribution in [0.4, 0.5) is 15.5 Å². The summed E-state index contributed by atoms with van der Waals surface area (Å²) < 4.78 is 1.16. The molecule has 3 nitrogen and oxygen atoms in total. The summed E-state index contributed by atoms with van der Waals surface area (Å²) in [6, 6.07) is 15.6. The zero-order chi connectivity index (χ0) is 15.1. The van der Waals surface area contributed by atoms with E-state index in [0.717, 1.165) is 25.7 Å². The molecule has 1 N–H and O–H groups in total. The van der Waals surface area contributed by atoms with Crippen molar-refractivity contribution in [2.45, 2.75) is 4.90 Å². The highest BCUT2D eigenvalue weighted by molar-refractivity contribution is 8.00. The number of rotatable bonds is 1. The molecular formula is C16H11ClN2OS2. The monoisotopic (exact) mass is 346 g/mol. The molecule has 4 rings (SSSR count). The van der Waals surface area contributed by atoms with Gasteiger partial charge in [-0.3, -0.25) is 10.2 Å². The second kappa shape index (κ2) is 5.50. The Hall–Kier alpha value is -1.69. The SMILES string of the molecule is O=C(Nc1cc2ccccc2s1)N1CSc2cccc(Cl)c21. The van der Waals surface area contributed by atoms with Gasteiger partial charge in [-0.05, 0) is 29.7 Å². The van der Waals surface area contributed by atoms with Crippen molar-refractivity contribution in [2.24, 2.45) is 0 Å². The first-order valence-electron chi connectivity index (χ1n) is 6.71. The van der Waals surface area contributed by atoms with E-state index in [-0.39, 0.29) is 6.03 Å². The van der Waals surface area contributed by atoms with Crippen LogP contribution in [-0.4, -0.2) is 11.9 Å². The topological polar surface area (TPSA) is 32.3 Å². The lowest BCUT2D eigenvalue weighted by molar-refractivity contribution is 0.258. The van der Waals surface area contributed by atoms with Gasteiger partial charge in [0, 0.05) is 9.60 Å². The van der Waals surface area contributed by atoms with Gasteiger partial charge in [0.25, 0.3) is 0 Å². The second-order valence-corrected chi connectivity index (χ2v) is 7.34. The van der Waals surface area contributed by atoms with Crippen LogP contribution < -0.4 is 10.2 Å². The molecule has 6 heteroatoms. The molecule has 110 valence electrons. The zero-order valence-electron chi connectivity index (χ0n) is 11.4. The number of benzene rings is 2. The summed E-state index contributed by atoms with van der Waals surface area (Å²) in [5, 5.41) is 5.56. The van der Waals surface area contributed by atoms with Crippen LogP contribution in [0.5, 0.6) is 0 Å². The highest BCUT2D eigenvalue weighted by atomic mass is 35.5. The first-order valence-corrected chi connectivity index (χ1v) is 8.89. The summed E-state index contributed by atoms with van der Waals surface area (Å²) in [5.74, 6) is 0.579. The normalized spacial score (nSPS) is 13.4. The van der Waals surface area contributed by atoms with E-state index in [1.165, 1.54) is 0 Å². The van der Waals surface area contributed by atoms with E-state index in [0.29, 0.717) is 10.9 Å². The third-order valence-corrected chi connectivity index (χ3v) is 5.83. The molecule has 1 aromatic heterocycles. The van der Waals surface area contributed by atoms with Gasteiger partial charge in [-0.1, -0.05) is 35.9 Å². The van der Waals surface area contributed by atoms with E-state index in [1.54, 1.807) is 28.0 Å². The zero-order valence-corrected chi connectivity index (χ0v) is 13.8. The van der Waals surface area contributed by atoms with Crippen molar-refractivity contribution >= 4 is 61.5 Å². The van der Waals surface area contributed by atoms with Crippen molar-refractivity contribution in [1.29, 1.82) is 0 Å². The van der Waals surface area contributed by atoms with Gasteiger partial charge in [0.15, 0.2) is 0 Å². The van der Waals surface area contributed by atoms with E-state index < -0.39 is 0 Å². The lowest BCUT2D eigenvalue weighted by Gasteiger charge is -2.17. The molecule has 3 aromatic rings. The minimum absolute atomic E-state index is 0.147. The van der Waals surface area contributed by atoms with Crippen molar-refractivity contribution in [3.8, 4) is 0 Å². The predicted molar refractivity (Wildman–Crippen MR) is 95.5 cm³/mol. The Morgan fingerprint density at radius 2 is 2.05 bits per heavy atom. The Kier molecular flexibility index (Phi) is 3.48. The average Bonchev–Trinajstić information content (AvgIpc) is 3.10. The van der Waals surface area contributed by atoms with Crippen LogP contribution in [0.2, 0.25) is 5.02 Å². The van der Waals surface area contributed by atoms with E-state index in [4.69, 9.17) is 11.6 Å². The number of fused-ring (bicyclic) bond motifs is 2. The van der Waals surface area contributed by atoms with Crippen molar-refractivity contribution < 1.29 is 4.79 Å². The number of hydrogen-bond donors (Lipinski definition) is 1. The number of thioether (sulfide) groups is 1. The van der Waals surface area contributed by atoms with Crippen molar-refractivity contribution in [2.75, 3.05) is 16.1 Å². The van der Waals surface area contributed by atoms with Gasteiger partial charge in [0.05, 0.1) is 21.6 Å². The first kappa shape index (κ1) is 13.9. The van der Waals surface area contributed by atoms with E-state index in [1.807, 2.05) is 48.5 Å². The fourth-order valence-corrected chi connectivity index (χ4v) is 4.78. The molecule has 1 aliphatic heterocycles. The Labute approximate surface area is 140 Å². The van der Waals surface area contributed by atoms with Gasteiger partial charge in [0.2, 0.25) is 0 Å². The third-order valence-electron chi connectivity index (χ3n) is 3.47. The standard InChI is InChI=1S/C16H11ClN2OS2/c17-11-5-3-7-13-15(11)19(9-21-13)16(20)18-14-8-10-4-1-2-6-12(10)22-14/h1-8H,9H2,(H,18,20). The van der Waals surface area contributed by atoms with Gasteiger partial charge in [0.1, 0.15) is 0 Å². The minimum Gasteiger partial charge on any atom is -0.299 e. The molecule has 2 amide bonds. The number of halogens is 1. The summed E-state index contributed by atoms with van der Waals surface area (Å²) in [6.07, 6.45) is 0. The molecule has 0 atom stereocenters. The van der Waals surface area contributed by atoms with E-state index in [2.05, 4.69) is 5.32 Å². The minimum atomic E-state index is -0.147. The number of carbonyl (C=O) groups excluding carboxylic acids is 1. The van der Waals surface area contributed by atoms with Crippen LogP contribution in [0.15, 0.2) is 53.4 Å². The molecule has 0 spiro atoms. The fraction of sp³-hybridized carbons (Fsp3) is 0.0625. The maximum Gasteiger partial charge on any atom is 0.327 e. The van der Waals surface area contributed by atoms with Crippen LogP contribution in [-0.2, 0) is 0 Å². The lowest BCUT2D eigenvalue weighted by Crippen LogP contribution is -2.32. The van der Waals surface area contributed by atoms with Crippen LogP contribution >= 0.6 is 34.7 Å². The van der Waals surface area contributed by atoms with E-state index in [9.17, 15) is 4.79 Å². The number of nitrogens with zero attached hydrogens (tertiary/aromatic N) is 1. The molecule has 2 aromatic carbocycles. The number of hydrogen-bond acceptors (Lipinski definition) is 3. The highest BCUT2D eigenvalue weighted by Gasteiger charge is 2.27. The van der Waals surface area contributed by atoms with Crippen LogP contribution in [0, 0.1) is 0 Å². The van der Waals surface area contributed by atoms with Crippen LogP contribution in [0.1, 0.15) is 0 Å². The Morgan fingerprint density at radius 1 is 1.18 bits per heavy atom. The van der Waals surface area contributed by atoms with Crippen LogP contribution in [0.25, 0.3) is 10.1 Å². The van der Waals surface area contributed by atoms with Crippen LogP contribution in [0.3, 0.4) is 0 Å². The van der Waals surface area contributed by atoms with Crippen molar-refractivity contribution in [3.05, 3.63) is 53.6 Å². The maximum atomic E-state index is 12.6. The van der Waals surface area contributed by atoms with Crippen molar-refractivity contribution in [1.82, 2.24) is 0 Å². The summed E-state index contributed by atoms with van der Waals surface area (Å²) in [6.45, 7) is 0. The Bertz CT molecular complexity index is 844. The molecule has 2 heterocycles. The smallest absolute Gasteiger partial charge is 0.299 e. The quantitative estimate of drug-likeness (QED) is 0.617. The van der Waals surface area contributed by atoms with Gasteiger partial charge in [-0.2, -0.15) is 0 Å². The largest absolute Gasteiger partial charge is 0.327 e. The number of carbonyl (C=O) groups is 1. The third kappa shape index (κ3) is 2.35. The van der Waals surface area contributed by atoms with Gasteiger partial charge in [-0.15, -0.1) is 23.1 Å². The number of anilines is 2. The lowest BCUT2D eigenvalue weighted by atomic mass is 10.3. The molecule has 0 bridgehead atoms. The van der Waals surface area contributed by atoms with Crippen molar-refractivity contribution in [3.63, 3.8) is 0 Å². The number of urea groups is 1. The average molecular weight is 347 g/mol. The fourth-order valence-electron chi connectivity index (χ4n) is 2.45. The summed E-state index contributed by atoms with van der Waals surface area (Å²) in [5.41, 5.74) is 0.799. The maximum absolute atomic E-state index is 12.6. The molecule has 1 aliphatic rings. The predicted octanol–water partition coefficient (Wildman–Crippen LogP) is 5.66. The second-order valence-electron chi connectivity index (χ2n) is 4.87. The molecular weight excluding hydrogens is 336 g/mol. The molecule has 0 unspecified atom stereocenters. The summed E-state index contributed by atoms with van der Waals surface area (Å²) in [7, 11) is 0. The summed E-state index contributed by atoms with van der Waals surface area (Å²) >= 11 is 9.43. The highest BCUT2D eigenvalue weighted by Crippen LogP contribution is 2.43. The number of amides is 2. The molecule has 0 saturated heterocycles. The number of thiophene rings is 1.